The fraction of sp³-hybridized carbons (Fsp3) is 0. The number of carboxylic acids is 1. The van der Waals surface area contributed by atoms with Crippen LogP contribution >= 0.6 is 22.9 Å². The standard InChI is InChI=1S/C12H9ClN2O3S/c13-7-2-1-3-8(6-7)14-12(18)15-9-4-5-19-10(9)11(16)17/h1-6H,(H,16,17)(H2,14,15,18). The molecule has 7 heteroatoms. The smallest absolute Gasteiger partial charge is 0.348 e. The SMILES string of the molecule is O=C(Nc1cccc(Cl)c1)Nc1ccsc1C(=O)O. The molecule has 0 fully saturated rings. The van der Waals surface area contributed by atoms with E-state index in [2.05, 4.69) is 10.6 Å². The number of carbonyl (C=O) groups excluding carboxylic acids is 1. The summed E-state index contributed by atoms with van der Waals surface area (Å²) in [5.41, 5.74) is 0.786. The van der Waals surface area contributed by atoms with E-state index in [9.17, 15) is 9.59 Å². The summed E-state index contributed by atoms with van der Waals surface area (Å²) in [6.07, 6.45) is 0. The molecule has 0 aliphatic rings. The van der Waals surface area contributed by atoms with Gasteiger partial charge in [0.2, 0.25) is 0 Å². The van der Waals surface area contributed by atoms with Gasteiger partial charge in [0, 0.05) is 10.7 Å². The van der Waals surface area contributed by atoms with E-state index < -0.39 is 12.0 Å². The second-order valence-electron chi connectivity index (χ2n) is 3.56. The van der Waals surface area contributed by atoms with E-state index in [0.717, 1.165) is 11.3 Å². The zero-order valence-electron chi connectivity index (χ0n) is 9.51. The number of anilines is 2. The van der Waals surface area contributed by atoms with Gasteiger partial charge in [-0.05, 0) is 29.6 Å². The summed E-state index contributed by atoms with van der Waals surface area (Å²) in [6, 6.07) is 7.66. The summed E-state index contributed by atoms with van der Waals surface area (Å²) in [7, 11) is 0. The van der Waals surface area contributed by atoms with Gasteiger partial charge in [0.05, 0.1) is 5.69 Å². The lowest BCUT2D eigenvalue weighted by molar-refractivity contribution is 0.0703. The molecule has 1 heterocycles. The predicted molar refractivity (Wildman–Crippen MR) is 75.4 cm³/mol. The maximum absolute atomic E-state index is 11.7. The number of benzene rings is 1. The zero-order chi connectivity index (χ0) is 13.8. The summed E-state index contributed by atoms with van der Waals surface area (Å²) < 4.78 is 0. The molecular weight excluding hydrogens is 288 g/mol. The molecule has 19 heavy (non-hydrogen) atoms. The van der Waals surface area contributed by atoms with E-state index in [0.29, 0.717) is 10.7 Å². The number of hydrogen-bond donors (Lipinski definition) is 3. The third-order valence-corrected chi connectivity index (χ3v) is 3.33. The second kappa shape index (κ2) is 5.73. The molecule has 1 aromatic heterocycles. The molecule has 0 aliphatic carbocycles. The van der Waals surface area contributed by atoms with Crippen LogP contribution < -0.4 is 10.6 Å². The summed E-state index contributed by atoms with van der Waals surface area (Å²) >= 11 is 6.84. The van der Waals surface area contributed by atoms with Crippen LogP contribution in [0.15, 0.2) is 35.7 Å². The lowest BCUT2D eigenvalue weighted by Gasteiger charge is -2.07. The third kappa shape index (κ3) is 3.46. The Bertz CT molecular complexity index is 627. The van der Waals surface area contributed by atoms with Crippen LogP contribution in [0.25, 0.3) is 0 Å². The molecule has 0 saturated carbocycles. The molecule has 5 nitrogen and oxygen atoms in total. The zero-order valence-corrected chi connectivity index (χ0v) is 11.1. The number of hydrogen-bond acceptors (Lipinski definition) is 3. The van der Waals surface area contributed by atoms with Crippen molar-refractivity contribution < 1.29 is 14.7 Å². The topological polar surface area (TPSA) is 78.4 Å². The molecule has 1 aromatic carbocycles. The number of amides is 2. The highest BCUT2D eigenvalue weighted by Crippen LogP contribution is 2.22. The molecule has 2 amide bonds. The van der Waals surface area contributed by atoms with E-state index in [4.69, 9.17) is 16.7 Å². The molecule has 98 valence electrons. The van der Waals surface area contributed by atoms with Crippen molar-refractivity contribution in [2.45, 2.75) is 0 Å². The van der Waals surface area contributed by atoms with Gasteiger partial charge in [-0.2, -0.15) is 0 Å². The first kappa shape index (κ1) is 13.4. The lowest BCUT2D eigenvalue weighted by Crippen LogP contribution is -2.20. The first-order chi connectivity index (χ1) is 9.06. The Morgan fingerprint density at radius 1 is 1.21 bits per heavy atom. The Morgan fingerprint density at radius 2 is 2.00 bits per heavy atom. The van der Waals surface area contributed by atoms with Crippen molar-refractivity contribution in [3.63, 3.8) is 0 Å². The number of carboxylic acid groups (broad SMARTS) is 1. The van der Waals surface area contributed by atoms with Crippen LogP contribution in [0.4, 0.5) is 16.2 Å². The van der Waals surface area contributed by atoms with Crippen molar-refractivity contribution in [2.24, 2.45) is 0 Å². The monoisotopic (exact) mass is 296 g/mol. The quantitative estimate of drug-likeness (QED) is 0.807. The predicted octanol–water partition coefficient (Wildman–Crippen LogP) is 3.74. The summed E-state index contributed by atoms with van der Waals surface area (Å²) in [4.78, 5) is 22.7. The summed E-state index contributed by atoms with van der Waals surface area (Å²) in [5.74, 6) is -1.08. The van der Waals surface area contributed by atoms with Gasteiger partial charge in [-0.3, -0.25) is 0 Å². The van der Waals surface area contributed by atoms with E-state index in [1.807, 2.05) is 0 Å². The van der Waals surface area contributed by atoms with Gasteiger partial charge in [-0.15, -0.1) is 11.3 Å². The summed E-state index contributed by atoms with van der Waals surface area (Å²) in [5, 5.41) is 16.1. The van der Waals surface area contributed by atoms with Gasteiger partial charge in [-0.1, -0.05) is 17.7 Å². The Labute approximate surface area is 117 Å². The molecule has 0 radical (unpaired) electrons. The van der Waals surface area contributed by atoms with Crippen molar-refractivity contribution in [1.82, 2.24) is 0 Å². The minimum absolute atomic E-state index is 0.0845. The van der Waals surface area contributed by atoms with Crippen LogP contribution in [0.3, 0.4) is 0 Å². The molecular formula is C12H9ClN2O3S. The van der Waals surface area contributed by atoms with E-state index in [-0.39, 0.29) is 10.6 Å². The van der Waals surface area contributed by atoms with Crippen molar-refractivity contribution in [2.75, 3.05) is 10.6 Å². The minimum atomic E-state index is -1.08. The molecule has 0 saturated heterocycles. The Kier molecular flexibility index (Phi) is 4.03. The van der Waals surface area contributed by atoms with Gasteiger partial charge in [0.15, 0.2) is 0 Å². The Hall–Kier alpha value is -2.05. The maximum Gasteiger partial charge on any atom is 0.348 e. The fourth-order valence-electron chi connectivity index (χ4n) is 1.42. The van der Waals surface area contributed by atoms with Crippen LogP contribution in [0, 0.1) is 0 Å². The molecule has 0 unspecified atom stereocenters. The van der Waals surface area contributed by atoms with Crippen LogP contribution in [0.2, 0.25) is 5.02 Å². The molecule has 0 bridgehead atoms. The number of halogens is 1. The number of nitrogens with one attached hydrogen (secondary N) is 2. The van der Waals surface area contributed by atoms with Crippen LogP contribution in [-0.2, 0) is 0 Å². The highest BCUT2D eigenvalue weighted by Gasteiger charge is 2.13. The second-order valence-corrected chi connectivity index (χ2v) is 4.91. The molecule has 3 N–H and O–H groups in total. The number of urea groups is 1. The molecule has 0 atom stereocenters. The van der Waals surface area contributed by atoms with Crippen molar-refractivity contribution in [1.29, 1.82) is 0 Å². The minimum Gasteiger partial charge on any atom is -0.477 e. The number of thiophene rings is 1. The van der Waals surface area contributed by atoms with Gasteiger partial charge in [0.25, 0.3) is 0 Å². The average Bonchev–Trinajstić information content (AvgIpc) is 2.76. The Morgan fingerprint density at radius 3 is 2.68 bits per heavy atom. The fourth-order valence-corrected chi connectivity index (χ4v) is 2.30. The number of rotatable bonds is 3. The maximum atomic E-state index is 11.7. The van der Waals surface area contributed by atoms with Crippen molar-refractivity contribution in [3.05, 3.63) is 45.6 Å². The molecule has 0 spiro atoms. The first-order valence-electron chi connectivity index (χ1n) is 5.20. The highest BCUT2D eigenvalue weighted by atomic mass is 35.5. The van der Waals surface area contributed by atoms with E-state index in [1.165, 1.54) is 6.07 Å². The largest absolute Gasteiger partial charge is 0.477 e. The van der Waals surface area contributed by atoms with Gasteiger partial charge in [0.1, 0.15) is 4.88 Å². The van der Waals surface area contributed by atoms with E-state index in [1.54, 1.807) is 29.6 Å². The van der Waals surface area contributed by atoms with Gasteiger partial charge in [-0.25, -0.2) is 9.59 Å². The number of aromatic carboxylic acids is 1. The van der Waals surface area contributed by atoms with Gasteiger partial charge < -0.3 is 15.7 Å². The highest BCUT2D eigenvalue weighted by molar-refractivity contribution is 7.12. The third-order valence-electron chi connectivity index (χ3n) is 2.19. The lowest BCUT2D eigenvalue weighted by atomic mass is 10.3. The summed E-state index contributed by atoms with van der Waals surface area (Å²) in [6.45, 7) is 0. The molecule has 0 aliphatic heterocycles. The van der Waals surface area contributed by atoms with Crippen LogP contribution in [-0.4, -0.2) is 17.1 Å². The first-order valence-corrected chi connectivity index (χ1v) is 6.46. The van der Waals surface area contributed by atoms with Gasteiger partial charge >= 0.3 is 12.0 Å². The average molecular weight is 297 g/mol. The van der Waals surface area contributed by atoms with Crippen LogP contribution in [0.5, 0.6) is 0 Å². The Balaban J connectivity index is 2.05. The molecule has 2 rings (SSSR count). The van der Waals surface area contributed by atoms with Crippen LogP contribution in [0.1, 0.15) is 9.67 Å². The van der Waals surface area contributed by atoms with Crippen molar-refractivity contribution >= 4 is 46.3 Å². The number of carbonyl (C=O) groups is 2. The normalized spacial score (nSPS) is 9.95. The van der Waals surface area contributed by atoms with E-state index >= 15 is 0 Å². The molecule has 2 aromatic rings. The van der Waals surface area contributed by atoms with Crippen molar-refractivity contribution in [3.8, 4) is 0 Å².